The second-order valence-electron chi connectivity index (χ2n) is 5.05. The Morgan fingerprint density at radius 2 is 1.96 bits per heavy atom. The predicted octanol–water partition coefficient (Wildman–Crippen LogP) is 2.72. The van der Waals surface area contributed by atoms with Gasteiger partial charge in [-0.2, -0.15) is 0 Å². The lowest BCUT2D eigenvalue weighted by atomic mass is 10.2. The Hall–Kier alpha value is -3.09. The molecule has 7 nitrogen and oxygen atoms in total. The van der Waals surface area contributed by atoms with E-state index in [2.05, 4.69) is 10.3 Å². The SMILES string of the molecule is COc1cc2[nH]c(C(=O)NCc3ccco3)cc2c(OC)c1OC. The van der Waals surface area contributed by atoms with Crippen LogP contribution in [-0.2, 0) is 6.54 Å². The van der Waals surface area contributed by atoms with Crippen molar-refractivity contribution in [2.45, 2.75) is 6.54 Å². The minimum Gasteiger partial charge on any atom is -0.493 e. The van der Waals surface area contributed by atoms with Crippen LogP contribution >= 0.6 is 0 Å². The second kappa shape index (κ2) is 6.57. The van der Waals surface area contributed by atoms with Crippen LogP contribution in [0.1, 0.15) is 16.2 Å². The highest BCUT2D eigenvalue weighted by molar-refractivity contribution is 6.01. The van der Waals surface area contributed by atoms with Crippen molar-refractivity contribution < 1.29 is 23.4 Å². The first-order valence-corrected chi connectivity index (χ1v) is 7.30. The smallest absolute Gasteiger partial charge is 0.268 e. The molecule has 0 saturated carbocycles. The average Bonchev–Trinajstić information content (AvgIpc) is 3.26. The lowest BCUT2D eigenvalue weighted by molar-refractivity contribution is 0.0944. The summed E-state index contributed by atoms with van der Waals surface area (Å²) in [5, 5.41) is 3.52. The molecule has 1 amide bonds. The fourth-order valence-electron chi connectivity index (χ4n) is 2.55. The van der Waals surface area contributed by atoms with Crippen LogP contribution in [0.15, 0.2) is 34.9 Å². The third kappa shape index (κ3) is 2.76. The first-order valence-electron chi connectivity index (χ1n) is 7.30. The zero-order chi connectivity index (χ0) is 17.1. The van der Waals surface area contributed by atoms with E-state index in [1.807, 2.05) is 0 Å². The van der Waals surface area contributed by atoms with Gasteiger partial charge in [0.25, 0.3) is 5.91 Å². The van der Waals surface area contributed by atoms with Gasteiger partial charge in [0.05, 0.1) is 39.7 Å². The molecule has 126 valence electrons. The molecule has 2 heterocycles. The van der Waals surface area contributed by atoms with Crippen LogP contribution in [0.4, 0.5) is 0 Å². The summed E-state index contributed by atoms with van der Waals surface area (Å²) in [7, 11) is 4.62. The molecule has 2 aromatic heterocycles. The van der Waals surface area contributed by atoms with Gasteiger partial charge in [-0.25, -0.2) is 0 Å². The van der Waals surface area contributed by atoms with Gasteiger partial charge in [-0.3, -0.25) is 4.79 Å². The van der Waals surface area contributed by atoms with E-state index in [1.54, 1.807) is 44.7 Å². The van der Waals surface area contributed by atoms with Crippen LogP contribution < -0.4 is 19.5 Å². The molecule has 7 heteroatoms. The zero-order valence-corrected chi connectivity index (χ0v) is 13.6. The summed E-state index contributed by atoms with van der Waals surface area (Å²) in [4.78, 5) is 15.4. The lowest BCUT2D eigenvalue weighted by Gasteiger charge is -2.12. The Morgan fingerprint density at radius 3 is 2.58 bits per heavy atom. The maximum absolute atomic E-state index is 12.3. The van der Waals surface area contributed by atoms with E-state index in [0.29, 0.717) is 40.8 Å². The Morgan fingerprint density at radius 1 is 1.17 bits per heavy atom. The normalized spacial score (nSPS) is 10.6. The van der Waals surface area contributed by atoms with Crippen molar-refractivity contribution in [3.05, 3.63) is 42.0 Å². The Kier molecular flexibility index (Phi) is 4.33. The molecule has 0 radical (unpaired) electrons. The number of aromatic nitrogens is 1. The standard InChI is InChI=1S/C17H18N2O5/c1-21-14-8-12-11(15(22-2)16(14)23-3)7-13(19-12)17(20)18-9-10-5-4-6-24-10/h4-8,19H,9H2,1-3H3,(H,18,20). The Balaban J connectivity index is 1.94. The van der Waals surface area contributed by atoms with Gasteiger partial charge in [-0.05, 0) is 18.2 Å². The van der Waals surface area contributed by atoms with Crippen molar-refractivity contribution in [3.8, 4) is 17.2 Å². The molecule has 0 aliphatic carbocycles. The molecule has 2 N–H and O–H groups in total. The molecule has 0 atom stereocenters. The maximum atomic E-state index is 12.3. The first-order chi connectivity index (χ1) is 11.7. The number of hydrogen-bond acceptors (Lipinski definition) is 5. The number of nitrogens with one attached hydrogen (secondary N) is 2. The lowest BCUT2D eigenvalue weighted by Crippen LogP contribution is -2.22. The molecule has 0 aliphatic rings. The van der Waals surface area contributed by atoms with E-state index in [1.165, 1.54) is 7.11 Å². The molecular weight excluding hydrogens is 312 g/mol. The molecule has 3 rings (SSSR count). The van der Waals surface area contributed by atoms with Crippen molar-refractivity contribution in [2.24, 2.45) is 0 Å². The summed E-state index contributed by atoms with van der Waals surface area (Å²) in [6.07, 6.45) is 1.56. The quantitative estimate of drug-likeness (QED) is 0.726. The van der Waals surface area contributed by atoms with Crippen LogP contribution in [-0.4, -0.2) is 32.2 Å². The van der Waals surface area contributed by atoms with Crippen molar-refractivity contribution in [1.82, 2.24) is 10.3 Å². The van der Waals surface area contributed by atoms with Crippen LogP contribution in [0.3, 0.4) is 0 Å². The van der Waals surface area contributed by atoms with E-state index in [4.69, 9.17) is 18.6 Å². The molecule has 0 fully saturated rings. The monoisotopic (exact) mass is 330 g/mol. The highest BCUT2D eigenvalue weighted by Gasteiger charge is 2.19. The van der Waals surface area contributed by atoms with Crippen LogP contribution in [0.2, 0.25) is 0 Å². The van der Waals surface area contributed by atoms with Crippen molar-refractivity contribution in [2.75, 3.05) is 21.3 Å². The molecule has 0 bridgehead atoms. The molecule has 0 spiro atoms. The van der Waals surface area contributed by atoms with E-state index in [-0.39, 0.29) is 5.91 Å². The van der Waals surface area contributed by atoms with Gasteiger partial charge in [0.2, 0.25) is 5.75 Å². The number of benzene rings is 1. The molecule has 0 saturated heterocycles. The number of rotatable bonds is 6. The fraction of sp³-hybridized carbons (Fsp3) is 0.235. The van der Waals surface area contributed by atoms with Gasteiger partial charge >= 0.3 is 0 Å². The fourth-order valence-corrected chi connectivity index (χ4v) is 2.55. The van der Waals surface area contributed by atoms with Crippen LogP contribution in [0.5, 0.6) is 17.2 Å². The molecule has 24 heavy (non-hydrogen) atoms. The van der Waals surface area contributed by atoms with Crippen LogP contribution in [0, 0.1) is 0 Å². The van der Waals surface area contributed by atoms with Gasteiger partial charge < -0.3 is 28.9 Å². The van der Waals surface area contributed by atoms with Gasteiger partial charge in [0.1, 0.15) is 11.5 Å². The number of carbonyl (C=O) groups excluding carboxylic acids is 1. The molecule has 0 aliphatic heterocycles. The number of fused-ring (bicyclic) bond motifs is 1. The summed E-state index contributed by atoms with van der Waals surface area (Å²) in [5.41, 5.74) is 1.12. The highest BCUT2D eigenvalue weighted by atomic mass is 16.5. The van der Waals surface area contributed by atoms with Crippen molar-refractivity contribution >= 4 is 16.8 Å². The van der Waals surface area contributed by atoms with E-state index in [0.717, 1.165) is 5.39 Å². The second-order valence-corrected chi connectivity index (χ2v) is 5.05. The number of hydrogen-bond donors (Lipinski definition) is 2. The predicted molar refractivity (Wildman–Crippen MR) is 87.8 cm³/mol. The summed E-state index contributed by atoms with van der Waals surface area (Å²) < 4.78 is 21.3. The van der Waals surface area contributed by atoms with Gasteiger partial charge in [-0.15, -0.1) is 0 Å². The molecular formula is C17H18N2O5. The number of methoxy groups -OCH3 is 3. The summed E-state index contributed by atoms with van der Waals surface area (Å²) >= 11 is 0. The largest absolute Gasteiger partial charge is 0.493 e. The third-order valence-electron chi connectivity index (χ3n) is 3.67. The van der Waals surface area contributed by atoms with E-state index >= 15 is 0 Å². The van der Waals surface area contributed by atoms with E-state index in [9.17, 15) is 4.79 Å². The van der Waals surface area contributed by atoms with Crippen molar-refractivity contribution in [1.29, 1.82) is 0 Å². The highest BCUT2D eigenvalue weighted by Crippen LogP contribution is 2.43. The average molecular weight is 330 g/mol. The van der Waals surface area contributed by atoms with Crippen LogP contribution in [0.25, 0.3) is 10.9 Å². The topological polar surface area (TPSA) is 85.7 Å². The van der Waals surface area contributed by atoms with E-state index < -0.39 is 0 Å². The summed E-state index contributed by atoms with van der Waals surface area (Å²) in [6, 6.07) is 7.05. The van der Waals surface area contributed by atoms with Gasteiger partial charge in [0.15, 0.2) is 11.5 Å². The van der Waals surface area contributed by atoms with Gasteiger partial charge in [0, 0.05) is 11.5 Å². The van der Waals surface area contributed by atoms with Crippen molar-refractivity contribution in [3.63, 3.8) is 0 Å². The number of carbonyl (C=O) groups is 1. The molecule has 3 aromatic rings. The number of amides is 1. The minimum absolute atomic E-state index is 0.248. The number of ether oxygens (including phenoxy) is 3. The third-order valence-corrected chi connectivity index (χ3v) is 3.67. The Bertz CT molecular complexity index is 852. The molecule has 1 aromatic carbocycles. The van der Waals surface area contributed by atoms with Gasteiger partial charge in [-0.1, -0.05) is 0 Å². The maximum Gasteiger partial charge on any atom is 0.268 e. The first kappa shape index (κ1) is 15.8. The Labute approximate surface area is 138 Å². The number of H-pyrrole nitrogens is 1. The molecule has 0 unspecified atom stereocenters. The zero-order valence-electron chi connectivity index (χ0n) is 13.6. The number of aromatic amines is 1. The summed E-state index contributed by atoms with van der Waals surface area (Å²) in [6.45, 7) is 0.310. The minimum atomic E-state index is -0.248. The number of furan rings is 1. The summed E-state index contributed by atoms with van der Waals surface area (Å²) in [5.74, 6) is 1.94.